The molecule has 0 fully saturated rings. The molecular weight excluding hydrogens is 324 g/mol. The Hall–Kier alpha value is -2.42. The Kier molecular flexibility index (Phi) is 4.69. The summed E-state index contributed by atoms with van der Waals surface area (Å²) in [6, 6.07) is 0. The molecule has 0 aliphatic heterocycles. The standard InChI is InChI=1S/C13H17ClN6O3/c1-8-13(20(22)23)9(2)19(16-8)7-12(21)17(3)6-11-10(14)5-15-18(11)4/h5H,6-7H2,1-4H3. The molecule has 0 saturated heterocycles. The van der Waals surface area contributed by atoms with Crippen molar-refractivity contribution in [3.05, 3.63) is 38.4 Å². The summed E-state index contributed by atoms with van der Waals surface area (Å²) >= 11 is 6.02. The Balaban J connectivity index is 2.13. The minimum Gasteiger partial charge on any atom is -0.338 e. The normalized spacial score (nSPS) is 10.8. The molecule has 0 atom stereocenters. The monoisotopic (exact) mass is 340 g/mol. The van der Waals surface area contributed by atoms with Crippen molar-refractivity contribution in [3.8, 4) is 0 Å². The number of aromatic nitrogens is 4. The van der Waals surface area contributed by atoms with Gasteiger partial charge in [0.2, 0.25) is 5.91 Å². The first-order valence-corrected chi connectivity index (χ1v) is 7.19. The molecule has 9 nitrogen and oxygen atoms in total. The van der Waals surface area contributed by atoms with E-state index >= 15 is 0 Å². The van der Waals surface area contributed by atoms with Crippen LogP contribution >= 0.6 is 11.6 Å². The van der Waals surface area contributed by atoms with Gasteiger partial charge in [-0.2, -0.15) is 10.2 Å². The molecule has 0 bridgehead atoms. The molecule has 124 valence electrons. The van der Waals surface area contributed by atoms with Crippen LogP contribution in [0.25, 0.3) is 0 Å². The van der Waals surface area contributed by atoms with Gasteiger partial charge in [0.25, 0.3) is 0 Å². The Morgan fingerprint density at radius 3 is 2.61 bits per heavy atom. The molecule has 2 aromatic rings. The lowest BCUT2D eigenvalue weighted by atomic mass is 10.3. The predicted molar refractivity (Wildman–Crippen MR) is 83.0 cm³/mol. The number of carbonyl (C=O) groups excluding carboxylic acids is 1. The lowest BCUT2D eigenvalue weighted by molar-refractivity contribution is -0.386. The first-order valence-electron chi connectivity index (χ1n) is 6.81. The summed E-state index contributed by atoms with van der Waals surface area (Å²) < 4.78 is 2.94. The average Bonchev–Trinajstić information content (AvgIpc) is 2.92. The number of rotatable bonds is 5. The summed E-state index contributed by atoms with van der Waals surface area (Å²) in [5.41, 5.74) is 1.29. The van der Waals surface area contributed by atoms with Gasteiger partial charge in [-0.1, -0.05) is 11.6 Å². The van der Waals surface area contributed by atoms with E-state index in [4.69, 9.17) is 11.6 Å². The molecular formula is C13H17ClN6O3. The highest BCUT2D eigenvalue weighted by atomic mass is 35.5. The van der Waals surface area contributed by atoms with Crippen molar-refractivity contribution < 1.29 is 9.72 Å². The third-order valence-electron chi connectivity index (χ3n) is 3.63. The highest BCUT2D eigenvalue weighted by Crippen LogP contribution is 2.22. The predicted octanol–water partition coefficient (Wildman–Crippen LogP) is 1.45. The molecule has 1 amide bonds. The smallest absolute Gasteiger partial charge is 0.312 e. The molecule has 23 heavy (non-hydrogen) atoms. The van der Waals surface area contributed by atoms with Gasteiger partial charge in [-0.05, 0) is 13.8 Å². The minimum atomic E-state index is -0.488. The number of carbonyl (C=O) groups is 1. The van der Waals surface area contributed by atoms with Crippen LogP contribution < -0.4 is 0 Å². The Labute approximate surface area is 137 Å². The van der Waals surface area contributed by atoms with Crippen LogP contribution in [-0.2, 0) is 24.9 Å². The van der Waals surface area contributed by atoms with E-state index in [1.54, 1.807) is 32.6 Å². The van der Waals surface area contributed by atoms with Gasteiger partial charge in [-0.25, -0.2) is 0 Å². The molecule has 2 heterocycles. The number of amides is 1. The molecule has 2 rings (SSSR count). The quantitative estimate of drug-likeness (QED) is 0.606. The first-order chi connectivity index (χ1) is 10.7. The number of halogens is 1. The summed E-state index contributed by atoms with van der Waals surface area (Å²) in [4.78, 5) is 24.3. The van der Waals surface area contributed by atoms with Gasteiger partial charge in [-0.3, -0.25) is 24.3 Å². The second-order valence-electron chi connectivity index (χ2n) is 5.25. The molecule has 0 N–H and O–H groups in total. The molecule has 10 heteroatoms. The van der Waals surface area contributed by atoms with Gasteiger partial charge in [0.15, 0.2) is 0 Å². The fourth-order valence-corrected chi connectivity index (χ4v) is 2.51. The molecule has 0 aromatic carbocycles. The topological polar surface area (TPSA) is 99.1 Å². The van der Waals surface area contributed by atoms with Gasteiger partial charge in [0.05, 0.1) is 28.4 Å². The lowest BCUT2D eigenvalue weighted by Gasteiger charge is -2.17. The van der Waals surface area contributed by atoms with Gasteiger partial charge in [-0.15, -0.1) is 0 Å². The molecule has 2 aromatic heterocycles. The largest absolute Gasteiger partial charge is 0.338 e. The van der Waals surface area contributed by atoms with Crippen LogP contribution in [0.15, 0.2) is 6.20 Å². The van der Waals surface area contributed by atoms with Crippen LogP contribution in [0.5, 0.6) is 0 Å². The maximum absolute atomic E-state index is 12.3. The van der Waals surface area contributed by atoms with Crippen LogP contribution in [0.1, 0.15) is 17.1 Å². The Morgan fingerprint density at radius 2 is 2.13 bits per heavy atom. The number of hydrogen-bond donors (Lipinski definition) is 0. The van der Waals surface area contributed by atoms with Gasteiger partial charge >= 0.3 is 5.69 Å². The van der Waals surface area contributed by atoms with Crippen molar-refractivity contribution in [1.29, 1.82) is 0 Å². The zero-order valence-electron chi connectivity index (χ0n) is 13.3. The van der Waals surface area contributed by atoms with Crippen LogP contribution in [0.4, 0.5) is 5.69 Å². The van der Waals surface area contributed by atoms with Crippen molar-refractivity contribution in [3.63, 3.8) is 0 Å². The van der Waals surface area contributed by atoms with E-state index < -0.39 is 4.92 Å². The van der Waals surface area contributed by atoms with Crippen LogP contribution in [0.3, 0.4) is 0 Å². The van der Waals surface area contributed by atoms with Crippen molar-refractivity contribution in [2.45, 2.75) is 26.9 Å². The van der Waals surface area contributed by atoms with E-state index in [1.807, 2.05) is 0 Å². The van der Waals surface area contributed by atoms with E-state index in [9.17, 15) is 14.9 Å². The second-order valence-corrected chi connectivity index (χ2v) is 5.65. The summed E-state index contributed by atoms with van der Waals surface area (Å²) in [6.07, 6.45) is 1.51. The molecule has 0 aliphatic rings. The maximum Gasteiger partial charge on any atom is 0.312 e. The van der Waals surface area contributed by atoms with E-state index in [0.29, 0.717) is 16.4 Å². The van der Waals surface area contributed by atoms with E-state index in [-0.39, 0.29) is 30.4 Å². The maximum atomic E-state index is 12.3. The highest BCUT2D eigenvalue weighted by Gasteiger charge is 2.24. The third kappa shape index (κ3) is 3.34. The SMILES string of the molecule is Cc1nn(CC(=O)N(C)Cc2c(Cl)cnn2C)c(C)c1[N+](=O)[O-]. The van der Waals surface area contributed by atoms with Crippen LogP contribution in [-0.4, -0.2) is 42.3 Å². The minimum absolute atomic E-state index is 0.0601. The van der Waals surface area contributed by atoms with Crippen molar-refractivity contribution >= 4 is 23.2 Å². The Morgan fingerprint density at radius 1 is 1.48 bits per heavy atom. The van der Waals surface area contributed by atoms with Gasteiger partial charge in [0, 0.05) is 14.1 Å². The number of nitrogens with zero attached hydrogens (tertiary/aromatic N) is 6. The van der Waals surface area contributed by atoms with E-state index in [1.165, 1.54) is 15.8 Å². The summed E-state index contributed by atoms with van der Waals surface area (Å²) in [5.74, 6) is -0.234. The zero-order chi connectivity index (χ0) is 17.3. The van der Waals surface area contributed by atoms with Crippen molar-refractivity contribution in [2.75, 3.05) is 7.05 Å². The summed E-state index contributed by atoms with van der Waals surface area (Å²) in [7, 11) is 3.37. The van der Waals surface area contributed by atoms with Crippen LogP contribution in [0, 0.1) is 24.0 Å². The second kappa shape index (κ2) is 6.37. The number of nitro groups is 1. The summed E-state index contributed by atoms with van der Waals surface area (Å²) in [6.45, 7) is 3.33. The number of aryl methyl sites for hydroxylation is 2. The van der Waals surface area contributed by atoms with Crippen molar-refractivity contribution in [2.24, 2.45) is 7.05 Å². The van der Waals surface area contributed by atoms with Gasteiger partial charge in [0.1, 0.15) is 17.9 Å². The van der Waals surface area contributed by atoms with E-state index in [0.717, 1.165) is 0 Å². The molecule has 0 radical (unpaired) electrons. The molecule has 0 saturated carbocycles. The molecule has 0 aliphatic carbocycles. The summed E-state index contributed by atoms with van der Waals surface area (Å²) in [5, 5.41) is 19.6. The Bertz CT molecular complexity index is 747. The van der Waals surface area contributed by atoms with Crippen molar-refractivity contribution in [1.82, 2.24) is 24.5 Å². The third-order valence-corrected chi connectivity index (χ3v) is 3.95. The fraction of sp³-hybridized carbons (Fsp3) is 0.462. The molecule has 0 spiro atoms. The lowest BCUT2D eigenvalue weighted by Crippen LogP contribution is -2.31. The number of hydrogen-bond acceptors (Lipinski definition) is 5. The average molecular weight is 341 g/mol. The molecule has 0 unspecified atom stereocenters. The number of likely N-dealkylation sites (N-methyl/N-ethyl adjacent to an activating group) is 1. The highest BCUT2D eigenvalue weighted by molar-refractivity contribution is 6.31. The zero-order valence-corrected chi connectivity index (χ0v) is 14.0. The van der Waals surface area contributed by atoms with Crippen LogP contribution in [0.2, 0.25) is 5.02 Å². The first kappa shape index (κ1) is 16.9. The fourth-order valence-electron chi connectivity index (χ4n) is 2.28. The van der Waals surface area contributed by atoms with Gasteiger partial charge < -0.3 is 4.90 Å². The van der Waals surface area contributed by atoms with E-state index in [2.05, 4.69) is 10.2 Å².